The lowest BCUT2D eigenvalue weighted by Gasteiger charge is -2.16. The van der Waals surface area contributed by atoms with Crippen molar-refractivity contribution in [2.24, 2.45) is 12.5 Å². The highest BCUT2D eigenvalue weighted by Gasteiger charge is 2.23. The molecule has 1 heterocycles. The third-order valence-corrected chi connectivity index (χ3v) is 4.76. The Morgan fingerprint density at radius 1 is 1.22 bits per heavy atom. The van der Waals surface area contributed by atoms with Crippen molar-refractivity contribution < 1.29 is 19.1 Å². The van der Waals surface area contributed by atoms with E-state index in [1.165, 1.54) is 11.8 Å². The summed E-state index contributed by atoms with van der Waals surface area (Å²) in [6.07, 6.45) is 3.45. The normalized spacial score (nSPS) is 11.1. The fraction of sp³-hybridized carbons (Fsp3) is 0.368. The van der Waals surface area contributed by atoms with Gasteiger partial charge in [0, 0.05) is 24.9 Å². The summed E-state index contributed by atoms with van der Waals surface area (Å²) in [4.78, 5) is 40.6. The number of anilines is 1. The maximum absolute atomic E-state index is 12.3. The minimum absolute atomic E-state index is 0.150. The van der Waals surface area contributed by atoms with Crippen molar-refractivity contribution in [3.8, 4) is 0 Å². The van der Waals surface area contributed by atoms with E-state index in [-0.39, 0.29) is 29.6 Å². The van der Waals surface area contributed by atoms with E-state index in [2.05, 4.69) is 10.3 Å². The van der Waals surface area contributed by atoms with Crippen LogP contribution in [0, 0.1) is 5.41 Å². The number of carbonyl (C=O) groups excluding carboxylic acids is 3. The smallest absolute Gasteiger partial charge is 0.340 e. The van der Waals surface area contributed by atoms with Crippen LogP contribution in [0.2, 0.25) is 0 Å². The number of amides is 1. The lowest BCUT2D eigenvalue weighted by Crippen LogP contribution is -2.26. The number of nitrogens with zero attached hydrogens (tertiary/aromatic N) is 2. The van der Waals surface area contributed by atoms with Crippen molar-refractivity contribution in [3.63, 3.8) is 0 Å². The number of nitrogens with one attached hydrogen (secondary N) is 1. The number of Topliss-reactive ketones (excluding diaryl/α,β-unsaturated/α-hetero) is 1. The first kappa shape index (κ1) is 20.7. The monoisotopic (exact) mass is 389 g/mol. The van der Waals surface area contributed by atoms with Crippen molar-refractivity contribution in [3.05, 3.63) is 42.2 Å². The van der Waals surface area contributed by atoms with Crippen LogP contribution in [0.25, 0.3) is 0 Å². The number of rotatable bonds is 7. The lowest BCUT2D eigenvalue weighted by atomic mass is 9.91. The number of aromatic nitrogens is 2. The van der Waals surface area contributed by atoms with Crippen LogP contribution in [-0.4, -0.2) is 39.6 Å². The van der Waals surface area contributed by atoms with E-state index >= 15 is 0 Å². The van der Waals surface area contributed by atoms with Crippen LogP contribution in [0.3, 0.4) is 0 Å². The molecule has 0 saturated heterocycles. The first-order chi connectivity index (χ1) is 12.7. The SMILES string of the molecule is Cn1ccnc1SCC(=O)Nc1ccccc1C(=O)OCC(=O)C(C)(C)C. The number of para-hydroxylation sites is 1. The summed E-state index contributed by atoms with van der Waals surface area (Å²) in [6.45, 7) is 4.98. The minimum atomic E-state index is -0.653. The summed E-state index contributed by atoms with van der Waals surface area (Å²) in [5.41, 5.74) is -0.0401. The van der Waals surface area contributed by atoms with Gasteiger partial charge in [-0.1, -0.05) is 44.7 Å². The van der Waals surface area contributed by atoms with Crippen LogP contribution >= 0.6 is 11.8 Å². The van der Waals surface area contributed by atoms with Gasteiger partial charge in [-0.25, -0.2) is 9.78 Å². The minimum Gasteiger partial charge on any atom is -0.454 e. The third-order valence-electron chi connectivity index (χ3n) is 3.70. The molecule has 27 heavy (non-hydrogen) atoms. The van der Waals surface area contributed by atoms with Gasteiger partial charge in [-0.2, -0.15) is 0 Å². The Morgan fingerprint density at radius 3 is 2.56 bits per heavy atom. The quantitative estimate of drug-likeness (QED) is 0.578. The zero-order chi connectivity index (χ0) is 20.0. The fourth-order valence-corrected chi connectivity index (χ4v) is 2.74. The molecule has 1 N–H and O–H groups in total. The number of thioether (sulfide) groups is 1. The third kappa shape index (κ3) is 5.96. The zero-order valence-electron chi connectivity index (χ0n) is 15.8. The van der Waals surface area contributed by atoms with Crippen LogP contribution in [0.1, 0.15) is 31.1 Å². The van der Waals surface area contributed by atoms with Crippen molar-refractivity contribution in [1.29, 1.82) is 0 Å². The second-order valence-electron chi connectivity index (χ2n) is 6.95. The summed E-state index contributed by atoms with van der Waals surface area (Å²) in [6, 6.07) is 6.54. The van der Waals surface area contributed by atoms with Crippen LogP contribution in [0.5, 0.6) is 0 Å². The number of benzene rings is 1. The number of ketones is 1. The van der Waals surface area contributed by atoms with E-state index in [1.54, 1.807) is 57.4 Å². The zero-order valence-corrected chi connectivity index (χ0v) is 16.6. The molecule has 8 heteroatoms. The molecule has 0 aliphatic carbocycles. The molecular weight excluding hydrogens is 366 g/mol. The molecule has 1 aromatic carbocycles. The Hall–Kier alpha value is -2.61. The van der Waals surface area contributed by atoms with Crippen molar-refractivity contribution >= 4 is 35.1 Å². The predicted molar refractivity (Wildman–Crippen MR) is 104 cm³/mol. The molecule has 0 unspecified atom stereocenters. The van der Waals surface area contributed by atoms with Crippen molar-refractivity contribution in [1.82, 2.24) is 9.55 Å². The summed E-state index contributed by atoms with van der Waals surface area (Å²) < 4.78 is 6.93. The van der Waals surface area contributed by atoms with Gasteiger partial charge in [0.25, 0.3) is 0 Å². The van der Waals surface area contributed by atoms with Crippen LogP contribution in [0.15, 0.2) is 41.8 Å². The van der Waals surface area contributed by atoms with E-state index in [0.29, 0.717) is 5.69 Å². The molecule has 0 aliphatic rings. The Morgan fingerprint density at radius 2 is 1.93 bits per heavy atom. The highest BCUT2D eigenvalue weighted by atomic mass is 32.2. The van der Waals surface area contributed by atoms with E-state index < -0.39 is 11.4 Å². The Balaban J connectivity index is 1.98. The van der Waals surface area contributed by atoms with Gasteiger partial charge >= 0.3 is 5.97 Å². The number of carbonyl (C=O) groups is 3. The molecule has 0 spiro atoms. The van der Waals surface area contributed by atoms with E-state index in [9.17, 15) is 14.4 Å². The molecule has 2 aromatic rings. The second kappa shape index (κ2) is 8.85. The molecule has 1 amide bonds. The first-order valence-electron chi connectivity index (χ1n) is 8.38. The number of aryl methyl sites for hydroxylation is 1. The standard InChI is InChI=1S/C19H23N3O4S/c1-19(2,3)15(23)11-26-17(25)13-7-5-6-8-14(13)21-16(24)12-27-18-20-9-10-22(18)4/h5-10H,11-12H2,1-4H3,(H,21,24). The second-order valence-corrected chi connectivity index (χ2v) is 7.89. The molecule has 0 radical (unpaired) electrons. The van der Waals surface area contributed by atoms with Crippen LogP contribution < -0.4 is 5.32 Å². The first-order valence-corrected chi connectivity index (χ1v) is 9.36. The Kier molecular flexibility index (Phi) is 6.79. The van der Waals surface area contributed by atoms with Crippen LogP contribution in [-0.2, 0) is 21.4 Å². The average molecular weight is 389 g/mol. The fourth-order valence-electron chi connectivity index (χ4n) is 2.00. The molecule has 7 nitrogen and oxygen atoms in total. The summed E-state index contributed by atoms with van der Waals surface area (Å²) in [5, 5.41) is 3.43. The largest absolute Gasteiger partial charge is 0.454 e. The Bertz CT molecular complexity index is 839. The highest BCUT2D eigenvalue weighted by Crippen LogP contribution is 2.20. The van der Waals surface area contributed by atoms with Gasteiger partial charge in [-0.3, -0.25) is 9.59 Å². The van der Waals surface area contributed by atoms with Gasteiger partial charge in [0.05, 0.1) is 17.0 Å². The molecule has 0 fully saturated rings. The molecule has 1 aromatic heterocycles. The number of hydrogen-bond donors (Lipinski definition) is 1. The summed E-state index contributed by atoms with van der Waals surface area (Å²) >= 11 is 1.29. The predicted octanol–water partition coefficient (Wildman–Crippen LogP) is 2.92. The van der Waals surface area contributed by atoms with Gasteiger partial charge in [-0.05, 0) is 12.1 Å². The summed E-state index contributed by atoms with van der Waals surface area (Å²) in [5.74, 6) is -0.949. The number of hydrogen-bond acceptors (Lipinski definition) is 6. The van der Waals surface area contributed by atoms with Gasteiger partial charge < -0.3 is 14.6 Å². The average Bonchev–Trinajstić information content (AvgIpc) is 3.02. The number of esters is 1. The number of imidazole rings is 1. The molecule has 2 rings (SSSR count). The number of ether oxygens (including phenoxy) is 1. The van der Waals surface area contributed by atoms with Crippen molar-refractivity contribution in [2.45, 2.75) is 25.9 Å². The van der Waals surface area contributed by atoms with E-state index in [1.807, 2.05) is 11.6 Å². The van der Waals surface area contributed by atoms with Gasteiger partial charge in [0.15, 0.2) is 17.5 Å². The van der Waals surface area contributed by atoms with Gasteiger partial charge in [-0.15, -0.1) is 0 Å². The molecule has 0 bridgehead atoms. The maximum atomic E-state index is 12.3. The van der Waals surface area contributed by atoms with Crippen LogP contribution in [0.4, 0.5) is 5.69 Å². The van der Waals surface area contributed by atoms with E-state index in [4.69, 9.17) is 4.74 Å². The summed E-state index contributed by atoms with van der Waals surface area (Å²) in [7, 11) is 1.84. The molecule has 0 atom stereocenters. The topological polar surface area (TPSA) is 90.3 Å². The Labute approximate surface area is 162 Å². The molecule has 144 valence electrons. The lowest BCUT2D eigenvalue weighted by molar-refractivity contribution is -0.129. The van der Waals surface area contributed by atoms with Gasteiger partial charge in [0.2, 0.25) is 5.91 Å². The van der Waals surface area contributed by atoms with Gasteiger partial charge in [0.1, 0.15) is 0 Å². The maximum Gasteiger partial charge on any atom is 0.340 e. The molecular formula is C19H23N3O4S. The molecule has 0 aliphatic heterocycles. The van der Waals surface area contributed by atoms with E-state index in [0.717, 1.165) is 5.16 Å². The highest BCUT2D eigenvalue weighted by molar-refractivity contribution is 7.99. The van der Waals surface area contributed by atoms with Crippen molar-refractivity contribution in [2.75, 3.05) is 17.7 Å². The molecule has 0 saturated carbocycles.